The lowest BCUT2D eigenvalue weighted by atomic mass is 10.1. The summed E-state index contributed by atoms with van der Waals surface area (Å²) in [5.74, 6) is -0.222. The van der Waals surface area contributed by atoms with Crippen molar-refractivity contribution in [3.63, 3.8) is 0 Å². The Kier molecular flexibility index (Phi) is 4.26. The van der Waals surface area contributed by atoms with Crippen molar-refractivity contribution in [2.24, 2.45) is 4.99 Å². The number of amides is 1. The number of benzene rings is 1. The van der Waals surface area contributed by atoms with Crippen LogP contribution in [-0.2, 0) is 11.3 Å². The molecule has 0 aliphatic carbocycles. The van der Waals surface area contributed by atoms with E-state index in [4.69, 9.17) is 0 Å². The van der Waals surface area contributed by atoms with Gasteiger partial charge in [-0.15, -0.1) is 0 Å². The number of pyridine rings is 2. The van der Waals surface area contributed by atoms with Crippen molar-refractivity contribution in [3.05, 3.63) is 77.1 Å². The fourth-order valence-electron chi connectivity index (χ4n) is 2.49. The third-order valence-corrected chi connectivity index (χ3v) is 4.63. The summed E-state index contributed by atoms with van der Waals surface area (Å²) in [6, 6.07) is 15.6. The Hall–Kier alpha value is -2.99. The molecule has 0 unspecified atom stereocenters. The molecule has 1 N–H and O–H groups in total. The maximum absolute atomic E-state index is 12.1. The summed E-state index contributed by atoms with van der Waals surface area (Å²) in [7, 11) is 0. The predicted molar refractivity (Wildman–Crippen MR) is 101 cm³/mol. The summed E-state index contributed by atoms with van der Waals surface area (Å²) in [5.41, 5.74) is 2.79. The van der Waals surface area contributed by atoms with E-state index in [-0.39, 0.29) is 5.91 Å². The van der Waals surface area contributed by atoms with Gasteiger partial charge in [0.15, 0.2) is 5.17 Å². The van der Waals surface area contributed by atoms with Crippen LogP contribution in [0.15, 0.2) is 70.8 Å². The molecule has 0 saturated carbocycles. The van der Waals surface area contributed by atoms with Crippen LogP contribution >= 0.6 is 11.8 Å². The van der Waals surface area contributed by atoms with Gasteiger partial charge in [0, 0.05) is 17.8 Å². The first kappa shape index (κ1) is 15.5. The molecule has 6 heteroatoms. The smallest absolute Gasteiger partial charge is 0.286 e. The van der Waals surface area contributed by atoms with Crippen LogP contribution in [0.2, 0.25) is 0 Å². The normalized spacial score (nSPS) is 15.6. The zero-order chi connectivity index (χ0) is 17.1. The second-order valence-corrected chi connectivity index (χ2v) is 6.49. The van der Waals surface area contributed by atoms with E-state index in [0.717, 1.165) is 22.2 Å². The van der Waals surface area contributed by atoms with E-state index in [1.807, 2.05) is 54.6 Å². The molecular weight excluding hydrogens is 332 g/mol. The second-order valence-electron chi connectivity index (χ2n) is 5.46. The van der Waals surface area contributed by atoms with Crippen LogP contribution in [0.5, 0.6) is 0 Å². The first-order valence-corrected chi connectivity index (χ1v) is 8.61. The SMILES string of the molecule is O=C1N=C(NCc2ccccn2)S/C1=C\c1ccc2ncccc2c1. The summed E-state index contributed by atoms with van der Waals surface area (Å²) in [5, 5.41) is 4.80. The number of fused-ring (bicyclic) bond motifs is 1. The molecule has 1 amide bonds. The average Bonchev–Trinajstić information content (AvgIpc) is 3.00. The molecule has 0 spiro atoms. The van der Waals surface area contributed by atoms with E-state index >= 15 is 0 Å². The van der Waals surface area contributed by atoms with E-state index in [0.29, 0.717) is 16.6 Å². The van der Waals surface area contributed by atoms with Gasteiger partial charge in [0.25, 0.3) is 5.91 Å². The minimum absolute atomic E-state index is 0.222. The van der Waals surface area contributed by atoms with Gasteiger partial charge in [-0.25, -0.2) is 0 Å². The Labute approximate surface area is 148 Å². The van der Waals surface area contributed by atoms with Crippen molar-refractivity contribution < 1.29 is 4.79 Å². The Balaban J connectivity index is 1.48. The molecule has 5 nitrogen and oxygen atoms in total. The molecular formula is C19H14N4OS. The third kappa shape index (κ3) is 3.59. The van der Waals surface area contributed by atoms with Gasteiger partial charge in [0.05, 0.1) is 22.7 Å². The molecule has 25 heavy (non-hydrogen) atoms. The van der Waals surface area contributed by atoms with Gasteiger partial charge in [0.2, 0.25) is 0 Å². The molecule has 0 fully saturated rings. The molecule has 122 valence electrons. The highest BCUT2D eigenvalue weighted by Crippen LogP contribution is 2.28. The molecule has 1 aliphatic heterocycles. The highest BCUT2D eigenvalue weighted by molar-refractivity contribution is 8.18. The van der Waals surface area contributed by atoms with Gasteiger partial charge < -0.3 is 5.32 Å². The summed E-state index contributed by atoms with van der Waals surface area (Å²) in [6.07, 6.45) is 5.37. The van der Waals surface area contributed by atoms with Gasteiger partial charge in [-0.05, 0) is 53.7 Å². The van der Waals surface area contributed by atoms with Gasteiger partial charge in [-0.1, -0.05) is 18.2 Å². The minimum atomic E-state index is -0.222. The van der Waals surface area contributed by atoms with Crippen LogP contribution in [0.1, 0.15) is 11.3 Å². The van der Waals surface area contributed by atoms with E-state index in [1.165, 1.54) is 11.8 Å². The lowest BCUT2D eigenvalue weighted by Crippen LogP contribution is -2.18. The number of carbonyl (C=O) groups excluding carboxylic acids is 1. The zero-order valence-corrected chi connectivity index (χ0v) is 14.0. The average molecular weight is 346 g/mol. The van der Waals surface area contributed by atoms with Gasteiger partial charge in [-0.2, -0.15) is 4.99 Å². The number of aliphatic imine (C=N–C) groups is 1. The number of nitrogens with zero attached hydrogens (tertiary/aromatic N) is 3. The van der Waals surface area contributed by atoms with Crippen LogP contribution in [-0.4, -0.2) is 21.0 Å². The topological polar surface area (TPSA) is 67.2 Å². The summed E-state index contributed by atoms with van der Waals surface area (Å²) in [6.45, 7) is 0.537. The number of hydrogen-bond donors (Lipinski definition) is 1. The highest BCUT2D eigenvalue weighted by Gasteiger charge is 2.21. The molecule has 0 radical (unpaired) electrons. The summed E-state index contributed by atoms with van der Waals surface area (Å²) < 4.78 is 0. The third-order valence-electron chi connectivity index (χ3n) is 3.69. The molecule has 3 aromatic rings. The molecule has 3 heterocycles. The first-order valence-electron chi connectivity index (χ1n) is 7.79. The Morgan fingerprint density at radius 1 is 1.04 bits per heavy atom. The molecule has 2 aromatic heterocycles. The van der Waals surface area contributed by atoms with Crippen LogP contribution in [0.4, 0.5) is 0 Å². The fraction of sp³-hybridized carbons (Fsp3) is 0.0526. The fourth-order valence-corrected chi connectivity index (χ4v) is 3.30. The number of nitrogens with one attached hydrogen (secondary N) is 1. The van der Waals surface area contributed by atoms with E-state index < -0.39 is 0 Å². The molecule has 0 bridgehead atoms. The van der Waals surface area contributed by atoms with Crippen molar-refractivity contribution in [1.29, 1.82) is 0 Å². The largest absolute Gasteiger partial charge is 0.359 e. The number of carbonyl (C=O) groups is 1. The lowest BCUT2D eigenvalue weighted by Gasteiger charge is -2.03. The number of rotatable bonds is 3. The standard InChI is InChI=1S/C19H14N4OS/c24-18-17(11-13-6-7-16-14(10-13)4-3-9-21-16)25-19(23-18)22-12-15-5-1-2-8-20-15/h1-11H,12H2,(H,22,23,24)/b17-11-. The Morgan fingerprint density at radius 3 is 2.84 bits per heavy atom. The Bertz CT molecular complexity index is 998. The molecule has 4 rings (SSSR count). The van der Waals surface area contributed by atoms with Crippen molar-refractivity contribution in [2.75, 3.05) is 0 Å². The predicted octanol–water partition coefficient (Wildman–Crippen LogP) is 3.39. The number of aromatic nitrogens is 2. The maximum atomic E-state index is 12.1. The van der Waals surface area contributed by atoms with Crippen molar-refractivity contribution in [3.8, 4) is 0 Å². The van der Waals surface area contributed by atoms with Gasteiger partial charge in [-0.3, -0.25) is 14.8 Å². The van der Waals surface area contributed by atoms with Crippen LogP contribution in [0.3, 0.4) is 0 Å². The van der Waals surface area contributed by atoms with Crippen LogP contribution in [0, 0.1) is 0 Å². The highest BCUT2D eigenvalue weighted by atomic mass is 32.2. The molecule has 0 saturated heterocycles. The minimum Gasteiger partial charge on any atom is -0.359 e. The maximum Gasteiger partial charge on any atom is 0.286 e. The lowest BCUT2D eigenvalue weighted by molar-refractivity contribution is -0.113. The molecule has 1 aliphatic rings. The quantitative estimate of drug-likeness (QED) is 0.736. The summed E-state index contributed by atoms with van der Waals surface area (Å²) >= 11 is 1.35. The number of thioether (sulfide) groups is 1. The van der Waals surface area contributed by atoms with E-state index in [2.05, 4.69) is 20.3 Å². The molecule has 0 atom stereocenters. The number of amidine groups is 1. The van der Waals surface area contributed by atoms with Gasteiger partial charge >= 0.3 is 0 Å². The van der Waals surface area contributed by atoms with Crippen LogP contribution < -0.4 is 5.32 Å². The Morgan fingerprint density at radius 2 is 1.96 bits per heavy atom. The summed E-state index contributed by atoms with van der Waals surface area (Å²) in [4.78, 5) is 25.3. The van der Waals surface area contributed by atoms with Crippen molar-refractivity contribution >= 4 is 39.8 Å². The van der Waals surface area contributed by atoms with Gasteiger partial charge in [0.1, 0.15) is 0 Å². The molecule has 1 aromatic carbocycles. The van der Waals surface area contributed by atoms with E-state index in [9.17, 15) is 4.79 Å². The van der Waals surface area contributed by atoms with Crippen molar-refractivity contribution in [2.45, 2.75) is 6.54 Å². The van der Waals surface area contributed by atoms with E-state index in [1.54, 1.807) is 12.4 Å². The zero-order valence-electron chi connectivity index (χ0n) is 13.2. The monoisotopic (exact) mass is 346 g/mol. The first-order chi connectivity index (χ1) is 12.3. The van der Waals surface area contributed by atoms with Crippen molar-refractivity contribution in [1.82, 2.24) is 15.3 Å². The second kappa shape index (κ2) is 6.86. The van der Waals surface area contributed by atoms with Crippen LogP contribution in [0.25, 0.3) is 17.0 Å². The number of hydrogen-bond acceptors (Lipinski definition) is 5.